The van der Waals surface area contributed by atoms with Crippen molar-refractivity contribution in [3.05, 3.63) is 58.5 Å². The minimum Gasteiger partial charge on any atom is -0.481 e. The van der Waals surface area contributed by atoms with Crippen molar-refractivity contribution < 1.29 is 15.0 Å². The molecule has 0 spiro atoms. The summed E-state index contributed by atoms with van der Waals surface area (Å²) in [4.78, 5) is 35.7. The molecule has 2 N–H and O–H groups in total. The van der Waals surface area contributed by atoms with Gasteiger partial charge in [0.1, 0.15) is 5.82 Å². The Morgan fingerprint density at radius 3 is 2.36 bits per heavy atom. The molecule has 45 heavy (non-hydrogen) atoms. The fourth-order valence-electron chi connectivity index (χ4n) is 7.15. The molecule has 0 radical (unpaired) electrons. The predicted octanol–water partition coefficient (Wildman–Crippen LogP) is 4.09. The van der Waals surface area contributed by atoms with Gasteiger partial charge in [-0.3, -0.25) is 14.7 Å². The molecule has 10 heteroatoms. The smallest absolute Gasteiger partial charge is 0.307 e. The van der Waals surface area contributed by atoms with Crippen LogP contribution in [-0.2, 0) is 24.2 Å². The summed E-state index contributed by atoms with van der Waals surface area (Å²) in [6, 6.07) is 8.74. The van der Waals surface area contributed by atoms with Gasteiger partial charge in [-0.25, -0.2) is 4.98 Å². The quantitative estimate of drug-likeness (QED) is 0.386. The van der Waals surface area contributed by atoms with Gasteiger partial charge in [-0.05, 0) is 61.3 Å². The van der Waals surface area contributed by atoms with Gasteiger partial charge < -0.3 is 24.9 Å². The first-order valence-electron chi connectivity index (χ1n) is 16.4. The zero-order chi connectivity index (χ0) is 31.7. The van der Waals surface area contributed by atoms with Gasteiger partial charge in [-0.15, -0.1) is 0 Å². The number of aliphatic hydroxyl groups is 1. The van der Waals surface area contributed by atoms with Crippen molar-refractivity contribution in [3.63, 3.8) is 0 Å². The number of pyridine rings is 1. The molecule has 2 fully saturated rings. The van der Waals surface area contributed by atoms with E-state index < -0.39 is 5.97 Å². The lowest BCUT2D eigenvalue weighted by Crippen LogP contribution is -2.47. The number of rotatable bonds is 8. The van der Waals surface area contributed by atoms with Crippen LogP contribution in [0.3, 0.4) is 0 Å². The van der Waals surface area contributed by atoms with Crippen LogP contribution in [0.1, 0.15) is 54.8 Å². The summed E-state index contributed by atoms with van der Waals surface area (Å²) in [5.41, 5.74) is 8.73. The number of anilines is 3. The van der Waals surface area contributed by atoms with E-state index in [1.54, 1.807) is 0 Å². The third kappa shape index (κ3) is 6.77. The van der Waals surface area contributed by atoms with Gasteiger partial charge in [-0.1, -0.05) is 32.0 Å². The van der Waals surface area contributed by atoms with Crippen molar-refractivity contribution in [1.82, 2.24) is 19.9 Å². The number of piperidine rings is 1. The largest absolute Gasteiger partial charge is 0.481 e. The van der Waals surface area contributed by atoms with Crippen LogP contribution in [0.4, 0.5) is 17.5 Å². The number of aliphatic carboxylic acids is 1. The molecule has 3 aliphatic rings. The molecule has 1 aromatic carbocycles. The highest BCUT2D eigenvalue weighted by Gasteiger charge is 2.31. The molecular weight excluding hydrogens is 566 g/mol. The Hall–Kier alpha value is -3.76. The Morgan fingerprint density at radius 1 is 0.889 bits per heavy atom. The number of hydrogen-bond acceptors (Lipinski definition) is 9. The summed E-state index contributed by atoms with van der Waals surface area (Å²) in [6.07, 6.45) is 4.88. The Labute approximate surface area is 266 Å². The Bertz CT molecular complexity index is 1540. The van der Waals surface area contributed by atoms with Crippen molar-refractivity contribution in [3.8, 4) is 11.1 Å². The van der Waals surface area contributed by atoms with E-state index in [1.807, 2.05) is 19.2 Å². The van der Waals surface area contributed by atoms with Gasteiger partial charge in [0.25, 0.3) is 0 Å². The maximum atomic E-state index is 12.0. The third-order valence-corrected chi connectivity index (χ3v) is 9.95. The molecule has 0 bridgehead atoms. The van der Waals surface area contributed by atoms with Crippen LogP contribution in [0.15, 0.2) is 30.5 Å². The number of nitrogens with zero attached hydrogens (tertiary/aromatic N) is 7. The van der Waals surface area contributed by atoms with Gasteiger partial charge >= 0.3 is 5.97 Å². The van der Waals surface area contributed by atoms with E-state index in [9.17, 15) is 15.0 Å². The lowest BCUT2D eigenvalue weighted by atomic mass is 9.82. The fraction of sp³-hybridized carbons (Fsp3) is 0.543. The third-order valence-electron chi connectivity index (χ3n) is 9.95. The van der Waals surface area contributed by atoms with Crippen LogP contribution in [-0.4, -0.2) is 95.0 Å². The number of carboxylic acid groups (broad SMARTS) is 1. The molecule has 0 aliphatic carbocycles. The lowest BCUT2D eigenvalue weighted by Gasteiger charge is -2.40. The number of aliphatic hydroxyl groups excluding tert-OH is 1. The summed E-state index contributed by atoms with van der Waals surface area (Å²) in [7, 11) is 0. The van der Waals surface area contributed by atoms with Crippen LogP contribution in [0.5, 0.6) is 0 Å². The van der Waals surface area contributed by atoms with E-state index >= 15 is 0 Å². The first-order valence-corrected chi connectivity index (χ1v) is 16.4. The average Bonchev–Trinajstić information content (AvgIpc) is 3.02. The number of aryl methyl sites for hydroxylation is 2. The highest BCUT2D eigenvalue weighted by molar-refractivity contribution is 5.86. The summed E-state index contributed by atoms with van der Waals surface area (Å²) >= 11 is 0. The maximum absolute atomic E-state index is 12.0. The normalized spacial score (nSPS) is 18.6. The van der Waals surface area contributed by atoms with Crippen molar-refractivity contribution in [2.75, 3.05) is 73.7 Å². The SMILES string of the molecule is Cc1nc(C)c(-c2ccc3c(c2)CCN(c2ccnc(N4CCN(CCO)CC4)n2)C3)c(N2CCC(C)(C)CC2)c1CC(=O)O. The van der Waals surface area contributed by atoms with E-state index in [-0.39, 0.29) is 18.4 Å². The summed E-state index contributed by atoms with van der Waals surface area (Å²) in [5.74, 6) is 0.890. The van der Waals surface area contributed by atoms with Gasteiger partial charge in [0, 0.05) is 87.6 Å². The number of aromatic nitrogens is 3. The molecule has 3 aliphatic heterocycles. The summed E-state index contributed by atoms with van der Waals surface area (Å²) < 4.78 is 0. The summed E-state index contributed by atoms with van der Waals surface area (Å²) in [5, 5.41) is 19.1. The van der Waals surface area contributed by atoms with Crippen LogP contribution in [0.25, 0.3) is 11.1 Å². The molecule has 5 heterocycles. The Kier molecular flexibility index (Phi) is 8.97. The fourth-order valence-corrected chi connectivity index (χ4v) is 7.15. The molecule has 240 valence electrons. The van der Waals surface area contributed by atoms with Crippen molar-refractivity contribution in [2.45, 2.75) is 59.9 Å². The van der Waals surface area contributed by atoms with Crippen LogP contribution in [0.2, 0.25) is 0 Å². The van der Waals surface area contributed by atoms with E-state index in [4.69, 9.17) is 9.97 Å². The molecular formula is C35H47N7O3. The number of carboxylic acids is 1. The minimum atomic E-state index is -0.823. The van der Waals surface area contributed by atoms with E-state index in [1.165, 1.54) is 11.1 Å². The maximum Gasteiger partial charge on any atom is 0.307 e. The second-order valence-corrected chi connectivity index (χ2v) is 13.6. The van der Waals surface area contributed by atoms with Crippen molar-refractivity contribution >= 4 is 23.4 Å². The molecule has 6 rings (SSSR count). The summed E-state index contributed by atoms with van der Waals surface area (Å²) in [6.45, 7) is 16.5. The van der Waals surface area contributed by atoms with E-state index in [2.05, 4.69) is 63.6 Å². The predicted molar refractivity (Wildman–Crippen MR) is 178 cm³/mol. The van der Waals surface area contributed by atoms with Crippen LogP contribution in [0, 0.1) is 19.3 Å². The Balaban J connectivity index is 1.26. The van der Waals surface area contributed by atoms with E-state index in [0.717, 1.165) is 117 Å². The lowest BCUT2D eigenvalue weighted by molar-refractivity contribution is -0.136. The highest BCUT2D eigenvalue weighted by Crippen LogP contribution is 2.42. The molecule has 2 saturated heterocycles. The number of β-amino-alcohol motifs (C(OH)–C–C–N with tert-alkyl or cyclic N) is 1. The molecule has 0 saturated carbocycles. The minimum absolute atomic E-state index is 0.0273. The van der Waals surface area contributed by atoms with Crippen molar-refractivity contribution in [2.24, 2.45) is 5.41 Å². The van der Waals surface area contributed by atoms with Gasteiger partial charge in [0.05, 0.1) is 18.7 Å². The molecule has 10 nitrogen and oxygen atoms in total. The topological polar surface area (TPSA) is 109 Å². The molecule has 0 atom stereocenters. The number of benzene rings is 1. The molecule has 3 aromatic rings. The van der Waals surface area contributed by atoms with Gasteiger partial charge in [0.15, 0.2) is 0 Å². The monoisotopic (exact) mass is 613 g/mol. The van der Waals surface area contributed by atoms with Gasteiger partial charge in [-0.2, -0.15) is 4.98 Å². The second-order valence-electron chi connectivity index (χ2n) is 13.6. The highest BCUT2D eigenvalue weighted by atomic mass is 16.4. The Morgan fingerprint density at radius 2 is 1.64 bits per heavy atom. The second kappa shape index (κ2) is 12.9. The number of hydrogen-bond donors (Lipinski definition) is 2. The standard InChI is InChI=1S/C35H47N7O3/c1-24-29(22-31(44)45)33(40-13-9-35(3,4)10-14-40)32(25(2)37-24)27-5-6-28-23-42(12-8-26(28)21-27)30-7-11-36-34(38-30)41-17-15-39(16-18-41)19-20-43/h5-7,11,21,43H,8-10,12-20,22-23H2,1-4H3,(H,44,45). The average molecular weight is 614 g/mol. The molecule has 0 unspecified atom stereocenters. The first-order chi connectivity index (χ1) is 21.6. The molecule has 0 amide bonds. The van der Waals surface area contributed by atoms with E-state index in [0.29, 0.717) is 6.54 Å². The number of carbonyl (C=O) groups is 1. The van der Waals surface area contributed by atoms with Gasteiger partial charge in [0.2, 0.25) is 5.95 Å². The molecule has 2 aromatic heterocycles. The van der Waals surface area contributed by atoms with Crippen LogP contribution < -0.4 is 14.7 Å². The zero-order valence-corrected chi connectivity index (χ0v) is 27.2. The number of fused-ring (bicyclic) bond motifs is 1. The van der Waals surface area contributed by atoms with Crippen LogP contribution >= 0.6 is 0 Å². The zero-order valence-electron chi connectivity index (χ0n) is 27.2. The number of piperazine rings is 1. The first kappa shape index (κ1) is 31.2. The van der Waals surface area contributed by atoms with Crippen molar-refractivity contribution in [1.29, 1.82) is 0 Å².